The van der Waals surface area contributed by atoms with Crippen molar-refractivity contribution in [3.05, 3.63) is 47.7 Å². The number of nitrogens with two attached hydrogens (primary N) is 2. The Balaban J connectivity index is 1.64. The average Bonchev–Trinajstić information content (AvgIpc) is 3.04. The fraction of sp³-hybridized carbons (Fsp3) is 0.348. The lowest BCUT2D eigenvalue weighted by Crippen LogP contribution is -2.63. The Morgan fingerprint density at radius 1 is 1.24 bits per heavy atom. The first-order valence-corrected chi connectivity index (χ1v) is 11.8. The van der Waals surface area contributed by atoms with Crippen LogP contribution in [0.4, 0.5) is 5.69 Å². The minimum Gasteiger partial charge on any atom is -0.488 e. The minimum absolute atomic E-state index is 0.00241. The molecule has 0 aliphatic carbocycles. The number of primary amides is 1. The van der Waals surface area contributed by atoms with Crippen LogP contribution in [-0.2, 0) is 18.9 Å². The van der Waals surface area contributed by atoms with Gasteiger partial charge in [-0.3, -0.25) is 15.1 Å². The van der Waals surface area contributed by atoms with Crippen molar-refractivity contribution in [3.63, 3.8) is 0 Å². The molecule has 2 aliphatic heterocycles. The maximum absolute atomic E-state index is 12.7. The summed E-state index contributed by atoms with van der Waals surface area (Å²) in [4.78, 5) is 38.0. The molecule has 10 nitrogen and oxygen atoms in total. The Kier molecular flexibility index (Phi) is 6.74. The average molecular weight is 486 g/mol. The van der Waals surface area contributed by atoms with Crippen molar-refractivity contribution in [2.24, 2.45) is 23.1 Å². The normalized spacial score (nSPS) is 22.6. The van der Waals surface area contributed by atoms with Crippen molar-refractivity contribution >= 4 is 43.2 Å². The molecule has 11 heteroatoms. The molecule has 2 aromatic rings. The Hall–Kier alpha value is -3.20. The first-order chi connectivity index (χ1) is 16.3. The molecule has 3 unspecified atom stereocenters. The van der Waals surface area contributed by atoms with Gasteiger partial charge in [-0.1, -0.05) is 31.2 Å². The Labute approximate surface area is 198 Å². The van der Waals surface area contributed by atoms with E-state index in [4.69, 9.17) is 20.5 Å². The summed E-state index contributed by atoms with van der Waals surface area (Å²) in [6.45, 7) is 3.51. The number of carbonyl (C=O) groups is 3. The van der Waals surface area contributed by atoms with Crippen molar-refractivity contribution < 1.29 is 28.8 Å². The molecule has 0 saturated carbocycles. The van der Waals surface area contributed by atoms with Crippen molar-refractivity contribution in [2.75, 3.05) is 18.5 Å². The molecule has 0 spiro atoms. The molecule has 2 amide bonds. The number of nitrogens with zero attached hydrogens (tertiary/aromatic N) is 1. The van der Waals surface area contributed by atoms with Crippen molar-refractivity contribution in [1.82, 2.24) is 4.90 Å². The highest BCUT2D eigenvalue weighted by molar-refractivity contribution is 7.29. The summed E-state index contributed by atoms with van der Waals surface area (Å²) in [5, 5.41) is 14.7. The Morgan fingerprint density at radius 3 is 2.62 bits per heavy atom. The number of amides is 2. The highest BCUT2D eigenvalue weighted by Crippen LogP contribution is 2.47. The molecule has 6 N–H and O–H groups in total. The second kappa shape index (κ2) is 9.58. The largest absolute Gasteiger partial charge is 0.488 e. The van der Waals surface area contributed by atoms with Gasteiger partial charge in [-0.15, -0.1) is 0 Å². The van der Waals surface area contributed by atoms with E-state index in [2.05, 4.69) is 5.32 Å². The first kappa shape index (κ1) is 23.9. The highest BCUT2D eigenvalue weighted by Gasteiger charge is 2.60. The number of aliphatic hydroxyl groups is 1. The lowest BCUT2D eigenvalue weighted by atomic mass is 9.78. The van der Waals surface area contributed by atoms with Gasteiger partial charge in [0.25, 0.3) is 0 Å². The van der Waals surface area contributed by atoms with Gasteiger partial charge in [0, 0.05) is 28.0 Å². The number of ether oxygens (including phenoxy) is 1. The number of anilines is 1. The van der Waals surface area contributed by atoms with E-state index < -0.39 is 32.9 Å². The fourth-order valence-corrected chi connectivity index (χ4v) is 5.03. The molecule has 0 radical (unpaired) electrons. The highest BCUT2D eigenvalue weighted by atomic mass is 31.1. The smallest absolute Gasteiger partial charge is 0.358 e. The van der Waals surface area contributed by atoms with E-state index in [-0.39, 0.29) is 36.7 Å². The first-order valence-electron chi connectivity index (χ1n) is 10.8. The van der Waals surface area contributed by atoms with Gasteiger partial charge in [0.2, 0.25) is 11.8 Å². The maximum Gasteiger partial charge on any atom is 0.358 e. The van der Waals surface area contributed by atoms with Gasteiger partial charge >= 0.3 is 5.97 Å². The molecular weight excluding hydrogens is 459 g/mol. The molecule has 2 aliphatic rings. The second-order valence-electron chi connectivity index (χ2n) is 8.40. The Morgan fingerprint density at radius 2 is 1.94 bits per heavy atom. The number of aliphatic hydroxyl groups excluding tert-OH is 1. The van der Waals surface area contributed by atoms with Crippen LogP contribution in [0.1, 0.15) is 13.8 Å². The number of benzene rings is 2. The summed E-state index contributed by atoms with van der Waals surface area (Å²) in [5.74, 6) is -1.71. The number of hydrogen-bond donors (Lipinski definition) is 4. The van der Waals surface area contributed by atoms with Crippen LogP contribution < -0.4 is 21.3 Å². The van der Waals surface area contributed by atoms with Crippen LogP contribution in [0.5, 0.6) is 5.75 Å². The fourth-order valence-electron chi connectivity index (χ4n) is 4.82. The number of β-lactam (4-membered cyclic amide) rings is 1. The van der Waals surface area contributed by atoms with E-state index >= 15 is 0 Å². The number of nitrogens with one attached hydrogen (secondary N) is 1. The number of fused-ring (bicyclic) bond motifs is 2. The summed E-state index contributed by atoms with van der Waals surface area (Å²) in [6, 6.07) is 10.7. The zero-order chi connectivity index (χ0) is 24.6. The van der Waals surface area contributed by atoms with Crippen LogP contribution in [0, 0.1) is 11.8 Å². The van der Waals surface area contributed by atoms with Crippen molar-refractivity contribution in [1.29, 1.82) is 0 Å². The second-order valence-corrected chi connectivity index (χ2v) is 8.84. The van der Waals surface area contributed by atoms with Gasteiger partial charge in [-0.05, 0) is 19.1 Å². The topological polar surface area (TPSA) is 157 Å². The number of rotatable bonds is 9. The third-order valence-electron chi connectivity index (χ3n) is 6.38. The maximum atomic E-state index is 12.7. The quantitative estimate of drug-likeness (QED) is 0.305. The molecule has 180 valence electrons. The lowest BCUT2D eigenvalue weighted by molar-refractivity contribution is -0.162. The van der Waals surface area contributed by atoms with Crippen LogP contribution in [0.2, 0.25) is 0 Å². The summed E-state index contributed by atoms with van der Waals surface area (Å²) < 4.78 is 11.2. The Bertz CT molecular complexity index is 1180. The van der Waals surface area contributed by atoms with E-state index in [0.717, 1.165) is 16.5 Å². The molecule has 0 bridgehead atoms. The molecule has 2 heterocycles. The van der Waals surface area contributed by atoms with Crippen LogP contribution in [0.25, 0.3) is 10.8 Å². The standard InChI is InChI=1S/C23H27N4O6P/c1-11-15(21(23(31)33-34-25)27-20(11)19(12(2)28)22(27)30)10-32-17-8-4-5-13-14(17)6-3-7-16(13)26-9-18(24)29/h3-8,11-12,19-20,26,28,34H,9-10,25H2,1-2H3,(H2,24,29)/t11-,12+,19?,20?/m0/s1. The van der Waals surface area contributed by atoms with Crippen LogP contribution in [0.15, 0.2) is 47.7 Å². The SMILES string of the molecule is C[C@@H](O)C1C(=O)N2C(C(=O)OPN)=C(COc3cccc4c(NCC(N)=O)cccc34)[C@H](C)C12. The van der Waals surface area contributed by atoms with Gasteiger partial charge in [-0.25, -0.2) is 4.79 Å². The third kappa shape index (κ3) is 4.09. The van der Waals surface area contributed by atoms with E-state index in [1.54, 1.807) is 13.0 Å². The molecule has 2 aromatic carbocycles. The summed E-state index contributed by atoms with van der Waals surface area (Å²) >= 11 is 0. The van der Waals surface area contributed by atoms with E-state index in [0.29, 0.717) is 11.3 Å². The molecule has 1 saturated heterocycles. The van der Waals surface area contributed by atoms with Crippen LogP contribution in [-0.4, -0.2) is 53.1 Å². The van der Waals surface area contributed by atoms with Gasteiger partial charge in [0.15, 0.2) is 0 Å². The van der Waals surface area contributed by atoms with E-state index in [9.17, 15) is 19.5 Å². The molecule has 4 rings (SSSR count). The molecule has 5 atom stereocenters. The lowest BCUT2D eigenvalue weighted by Gasteiger charge is -2.46. The van der Waals surface area contributed by atoms with Crippen molar-refractivity contribution in [3.8, 4) is 5.75 Å². The summed E-state index contributed by atoms with van der Waals surface area (Å²) in [6.07, 6.45) is -0.838. The molecule has 1 fully saturated rings. The molecular formula is C23H27N4O6P. The van der Waals surface area contributed by atoms with E-state index in [1.165, 1.54) is 4.90 Å². The van der Waals surface area contributed by atoms with Crippen molar-refractivity contribution in [2.45, 2.75) is 26.0 Å². The third-order valence-corrected chi connectivity index (χ3v) is 6.68. The van der Waals surface area contributed by atoms with Gasteiger partial charge < -0.3 is 30.3 Å². The number of carbonyl (C=O) groups excluding carboxylic acids is 3. The van der Waals surface area contributed by atoms with Gasteiger partial charge in [-0.2, -0.15) is 0 Å². The summed E-state index contributed by atoms with van der Waals surface area (Å²) in [5.41, 5.74) is 12.2. The van der Waals surface area contributed by atoms with Crippen LogP contribution in [0.3, 0.4) is 0 Å². The minimum atomic E-state index is -0.838. The van der Waals surface area contributed by atoms with Gasteiger partial charge in [0.05, 0.1) is 24.6 Å². The zero-order valence-corrected chi connectivity index (χ0v) is 19.8. The predicted octanol–water partition coefficient (Wildman–Crippen LogP) is 1.24. The summed E-state index contributed by atoms with van der Waals surface area (Å²) in [7, 11) is -0.560. The zero-order valence-electron chi connectivity index (χ0n) is 18.8. The molecule has 0 aromatic heterocycles. The van der Waals surface area contributed by atoms with Gasteiger partial charge in [0.1, 0.15) is 27.0 Å². The number of hydrogen-bond acceptors (Lipinski definition) is 8. The van der Waals surface area contributed by atoms with E-state index in [1.807, 2.05) is 37.3 Å². The van der Waals surface area contributed by atoms with Crippen LogP contribution >= 0.6 is 8.96 Å². The monoisotopic (exact) mass is 486 g/mol. The molecule has 34 heavy (non-hydrogen) atoms. The predicted molar refractivity (Wildman–Crippen MR) is 128 cm³/mol.